The van der Waals surface area contributed by atoms with E-state index in [2.05, 4.69) is 34.0 Å². The molecule has 1 saturated heterocycles. The Bertz CT molecular complexity index is 908. The van der Waals surface area contributed by atoms with Gasteiger partial charge in [0.1, 0.15) is 5.66 Å². The summed E-state index contributed by atoms with van der Waals surface area (Å²) in [6, 6.07) is 8.28. The lowest BCUT2D eigenvalue weighted by atomic mass is 9.89. The van der Waals surface area contributed by atoms with E-state index in [1.807, 2.05) is 31.2 Å². The number of nitrogens with zero attached hydrogens (tertiary/aromatic N) is 3. The van der Waals surface area contributed by atoms with Crippen molar-refractivity contribution < 1.29 is 24.1 Å². The first-order valence-electron chi connectivity index (χ1n) is 11.3. The van der Waals surface area contributed by atoms with Gasteiger partial charge in [0.15, 0.2) is 0 Å². The lowest BCUT2D eigenvalue weighted by Gasteiger charge is -2.52. The number of ether oxygens (including phenoxy) is 3. The maximum Gasteiger partial charge on any atom is 0.316 e. The van der Waals surface area contributed by atoms with Gasteiger partial charge in [-0.2, -0.15) is 0 Å². The van der Waals surface area contributed by atoms with Crippen LogP contribution in [0.25, 0.3) is 0 Å². The van der Waals surface area contributed by atoms with Crippen molar-refractivity contribution in [2.45, 2.75) is 38.8 Å². The van der Waals surface area contributed by atoms with Crippen LogP contribution in [0, 0.1) is 5.92 Å². The molecule has 9 heteroatoms. The molecular formula is C24H34N4O5. The summed E-state index contributed by atoms with van der Waals surface area (Å²) < 4.78 is 16.7. The molecule has 1 aliphatic heterocycles. The lowest BCUT2D eigenvalue weighted by Crippen LogP contribution is -2.65. The molecule has 9 nitrogen and oxygen atoms in total. The fraction of sp³-hybridized carbons (Fsp3) is 0.542. The number of hydrogen-bond donors (Lipinski definition) is 2. The van der Waals surface area contributed by atoms with Crippen LogP contribution in [0.5, 0.6) is 6.01 Å². The Hall–Kier alpha value is -2.91. The number of rotatable bonds is 11. The first-order valence-corrected chi connectivity index (χ1v) is 11.3. The molecule has 0 bridgehead atoms. The second-order valence-corrected chi connectivity index (χ2v) is 8.40. The van der Waals surface area contributed by atoms with Gasteiger partial charge in [-0.05, 0) is 24.5 Å². The zero-order valence-electron chi connectivity index (χ0n) is 19.8. The lowest BCUT2D eigenvalue weighted by molar-refractivity contribution is -0.137. The largest absolute Gasteiger partial charge is 0.481 e. The van der Waals surface area contributed by atoms with Crippen molar-refractivity contribution in [3.63, 3.8) is 0 Å². The molecule has 0 saturated carbocycles. The predicted octanol–water partition coefficient (Wildman–Crippen LogP) is 3.38. The molecule has 2 N–H and O–H groups in total. The number of methoxy groups -OCH3 is 1. The van der Waals surface area contributed by atoms with Crippen LogP contribution < -0.4 is 15.0 Å². The van der Waals surface area contributed by atoms with Gasteiger partial charge in [-0.25, -0.2) is 9.97 Å². The minimum Gasteiger partial charge on any atom is -0.481 e. The fourth-order valence-corrected chi connectivity index (χ4v) is 4.31. The highest BCUT2D eigenvalue weighted by Crippen LogP contribution is 2.39. The van der Waals surface area contributed by atoms with Crippen LogP contribution in [0.15, 0.2) is 36.7 Å². The van der Waals surface area contributed by atoms with E-state index in [0.717, 1.165) is 16.9 Å². The highest BCUT2D eigenvalue weighted by Gasteiger charge is 2.44. The Morgan fingerprint density at radius 1 is 1.30 bits per heavy atom. The molecule has 1 aromatic heterocycles. The van der Waals surface area contributed by atoms with Crippen molar-refractivity contribution in [3.8, 4) is 6.01 Å². The van der Waals surface area contributed by atoms with Gasteiger partial charge in [0.05, 0.1) is 50.9 Å². The van der Waals surface area contributed by atoms with Gasteiger partial charge >= 0.3 is 12.0 Å². The van der Waals surface area contributed by atoms with E-state index >= 15 is 0 Å². The van der Waals surface area contributed by atoms with E-state index in [1.54, 1.807) is 19.5 Å². The molecule has 0 aliphatic carbocycles. The highest BCUT2D eigenvalue weighted by molar-refractivity contribution is 5.70. The molecule has 2 heterocycles. The van der Waals surface area contributed by atoms with Gasteiger partial charge in [0.2, 0.25) is 0 Å². The molecule has 0 amide bonds. The standard InChI is InChI=1S/C24H34N4O5/c1-5-33-23-25-13-19(14-26-23)27-24(17(2)3)16-32-11-10-28(24)21-9-7-6-8-20(21)18(15-31-4)12-22(29)30/h6-9,13-14,17-18,27H,5,10-12,15-16H2,1-4H3,(H,29,30)/t18?,24-/m0/s1. The normalized spacial score (nSPS) is 19.4. The van der Waals surface area contributed by atoms with Crippen molar-refractivity contribution in [3.05, 3.63) is 42.2 Å². The Labute approximate surface area is 195 Å². The van der Waals surface area contributed by atoms with Crippen LogP contribution in [0.1, 0.15) is 38.7 Å². The fourth-order valence-electron chi connectivity index (χ4n) is 4.31. The second-order valence-electron chi connectivity index (χ2n) is 8.40. The minimum absolute atomic E-state index is 0.00989. The quantitative estimate of drug-likeness (QED) is 0.524. The highest BCUT2D eigenvalue weighted by atomic mass is 16.5. The third kappa shape index (κ3) is 5.72. The number of nitrogens with one attached hydrogen (secondary N) is 1. The Kier molecular flexibility index (Phi) is 8.46. The first kappa shape index (κ1) is 24.7. The van der Waals surface area contributed by atoms with Crippen LogP contribution >= 0.6 is 0 Å². The number of aromatic nitrogens is 2. The van der Waals surface area contributed by atoms with Crippen molar-refractivity contribution in [1.29, 1.82) is 0 Å². The smallest absolute Gasteiger partial charge is 0.316 e. The van der Waals surface area contributed by atoms with Gasteiger partial charge in [-0.15, -0.1) is 0 Å². The second kappa shape index (κ2) is 11.3. The number of anilines is 2. The van der Waals surface area contributed by atoms with E-state index in [-0.39, 0.29) is 18.3 Å². The average molecular weight is 459 g/mol. The third-order valence-electron chi connectivity index (χ3n) is 5.94. The van der Waals surface area contributed by atoms with E-state index in [9.17, 15) is 9.90 Å². The molecule has 1 aromatic carbocycles. The van der Waals surface area contributed by atoms with Gasteiger partial charge < -0.3 is 29.5 Å². The summed E-state index contributed by atoms with van der Waals surface area (Å²) in [6.45, 7) is 8.64. The summed E-state index contributed by atoms with van der Waals surface area (Å²) in [4.78, 5) is 22.4. The predicted molar refractivity (Wildman–Crippen MR) is 126 cm³/mol. The van der Waals surface area contributed by atoms with Crippen LogP contribution in [0.4, 0.5) is 11.4 Å². The van der Waals surface area contributed by atoms with Crippen LogP contribution in [0.3, 0.4) is 0 Å². The van der Waals surface area contributed by atoms with E-state index in [4.69, 9.17) is 14.2 Å². The molecule has 0 spiro atoms. The monoisotopic (exact) mass is 458 g/mol. The maximum absolute atomic E-state index is 11.6. The van der Waals surface area contributed by atoms with Crippen LogP contribution in [-0.4, -0.2) is 66.8 Å². The van der Waals surface area contributed by atoms with Crippen molar-refractivity contribution in [2.75, 3.05) is 50.3 Å². The van der Waals surface area contributed by atoms with Crippen LogP contribution in [-0.2, 0) is 14.3 Å². The number of para-hydroxylation sites is 1. The zero-order chi connectivity index (χ0) is 23.8. The number of carboxylic acids is 1. The summed E-state index contributed by atoms with van der Waals surface area (Å²) in [7, 11) is 1.60. The number of benzene rings is 1. The van der Waals surface area contributed by atoms with Gasteiger partial charge in [0, 0.05) is 25.3 Å². The minimum atomic E-state index is -0.853. The topological polar surface area (TPSA) is 106 Å². The Balaban J connectivity index is 2.02. The third-order valence-corrected chi connectivity index (χ3v) is 5.94. The van der Waals surface area contributed by atoms with E-state index < -0.39 is 11.6 Å². The molecular weight excluding hydrogens is 424 g/mol. The number of aliphatic carboxylic acids is 1. The number of carboxylic acid groups (broad SMARTS) is 1. The molecule has 1 unspecified atom stereocenters. The van der Waals surface area contributed by atoms with Crippen molar-refractivity contribution in [2.24, 2.45) is 5.92 Å². The molecule has 33 heavy (non-hydrogen) atoms. The van der Waals surface area contributed by atoms with Gasteiger partial charge in [-0.3, -0.25) is 4.79 Å². The first-order chi connectivity index (χ1) is 15.9. The zero-order valence-corrected chi connectivity index (χ0v) is 19.8. The number of morpholine rings is 1. The SMILES string of the molecule is CCOc1ncc(N[C@@]2(C(C)C)COCCN2c2ccccc2C(COC)CC(=O)O)cn1. The number of carbonyl (C=O) groups is 1. The molecule has 1 aliphatic rings. The summed E-state index contributed by atoms with van der Waals surface area (Å²) >= 11 is 0. The van der Waals surface area contributed by atoms with E-state index in [0.29, 0.717) is 39.0 Å². The summed E-state index contributed by atoms with van der Waals surface area (Å²) in [5.74, 6) is -0.989. The Morgan fingerprint density at radius 2 is 2.03 bits per heavy atom. The molecule has 2 atom stereocenters. The number of hydrogen-bond acceptors (Lipinski definition) is 8. The molecule has 0 radical (unpaired) electrons. The molecule has 1 fully saturated rings. The van der Waals surface area contributed by atoms with Crippen molar-refractivity contribution >= 4 is 17.3 Å². The summed E-state index contributed by atoms with van der Waals surface area (Å²) in [5, 5.41) is 13.1. The van der Waals surface area contributed by atoms with Crippen LogP contribution in [0.2, 0.25) is 0 Å². The summed E-state index contributed by atoms with van der Waals surface area (Å²) in [5.41, 5.74) is 2.07. The Morgan fingerprint density at radius 3 is 2.67 bits per heavy atom. The summed E-state index contributed by atoms with van der Waals surface area (Å²) in [6.07, 6.45) is 3.40. The van der Waals surface area contributed by atoms with E-state index in [1.165, 1.54) is 0 Å². The van der Waals surface area contributed by atoms with Crippen molar-refractivity contribution in [1.82, 2.24) is 9.97 Å². The van der Waals surface area contributed by atoms with Gasteiger partial charge in [0.25, 0.3) is 0 Å². The molecule has 3 rings (SSSR count). The average Bonchev–Trinajstić information content (AvgIpc) is 2.80. The molecule has 2 aromatic rings. The molecule has 180 valence electrons. The van der Waals surface area contributed by atoms with Gasteiger partial charge in [-0.1, -0.05) is 32.0 Å². The maximum atomic E-state index is 11.6.